The predicted molar refractivity (Wildman–Crippen MR) is 87.0 cm³/mol. The second kappa shape index (κ2) is 7.05. The first kappa shape index (κ1) is 16.0. The van der Waals surface area contributed by atoms with Gasteiger partial charge in [0.1, 0.15) is 0 Å². The molecule has 4 heteroatoms. The summed E-state index contributed by atoms with van der Waals surface area (Å²) in [5, 5.41) is 2.97. The van der Waals surface area contributed by atoms with Gasteiger partial charge < -0.3 is 11.1 Å². The third kappa shape index (κ3) is 4.05. The minimum atomic E-state index is 0.0622. The van der Waals surface area contributed by atoms with Crippen LogP contribution in [0.15, 0.2) is 24.3 Å². The standard InChI is InChI=1S/C17H27N3O/c1-3-17(4-2)8-9-20(13-17)12-16(21)19-15-7-5-6-14(10-15)11-18/h5-7,10H,3-4,8-9,11-13,18H2,1-2H3,(H,19,21). The highest BCUT2D eigenvalue weighted by molar-refractivity contribution is 5.92. The maximum atomic E-state index is 12.2. The highest BCUT2D eigenvalue weighted by Gasteiger charge is 2.35. The fourth-order valence-corrected chi connectivity index (χ4v) is 3.17. The number of likely N-dealkylation sites (tertiary alicyclic amines) is 1. The molecule has 21 heavy (non-hydrogen) atoms. The number of amides is 1. The molecule has 1 aromatic rings. The predicted octanol–water partition coefficient (Wildman–Crippen LogP) is 2.60. The van der Waals surface area contributed by atoms with Gasteiger partial charge in [0, 0.05) is 18.8 Å². The van der Waals surface area contributed by atoms with Crippen LogP contribution in [0.25, 0.3) is 0 Å². The zero-order valence-electron chi connectivity index (χ0n) is 13.2. The van der Waals surface area contributed by atoms with Crippen molar-refractivity contribution in [2.24, 2.45) is 11.1 Å². The van der Waals surface area contributed by atoms with E-state index in [-0.39, 0.29) is 5.91 Å². The quantitative estimate of drug-likeness (QED) is 0.846. The van der Waals surface area contributed by atoms with Gasteiger partial charge in [0.25, 0.3) is 0 Å². The highest BCUT2D eigenvalue weighted by Crippen LogP contribution is 2.36. The van der Waals surface area contributed by atoms with Gasteiger partial charge in [-0.15, -0.1) is 0 Å². The van der Waals surface area contributed by atoms with Crippen LogP contribution in [0.2, 0.25) is 0 Å². The van der Waals surface area contributed by atoms with Crippen molar-refractivity contribution in [1.29, 1.82) is 0 Å². The minimum absolute atomic E-state index is 0.0622. The van der Waals surface area contributed by atoms with Crippen molar-refractivity contribution in [2.75, 3.05) is 25.0 Å². The Hall–Kier alpha value is -1.39. The fraction of sp³-hybridized carbons (Fsp3) is 0.588. The molecule has 0 spiro atoms. The largest absolute Gasteiger partial charge is 0.326 e. The average Bonchev–Trinajstić information content (AvgIpc) is 2.91. The Morgan fingerprint density at radius 2 is 2.14 bits per heavy atom. The van der Waals surface area contributed by atoms with E-state index in [2.05, 4.69) is 24.1 Å². The molecule has 116 valence electrons. The normalized spacial score (nSPS) is 17.9. The second-order valence-electron chi connectivity index (χ2n) is 6.12. The molecule has 1 aliphatic heterocycles. The van der Waals surface area contributed by atoms with E-state index in [9.17, 15) is 4.79 Å². The summed E-state index contributed by atoms with van der Waals surface area (Å²) in [5.41, 5.74) is 7.90. The highest BCUT2D eigenvalue weighted by atomic mass is 16.2. The summed E-state index contributed by atoms with van der Waals surface area (Å²) in [7, 11) is 0. The van der Waals surface area contributed by atoms with Crippen molar-refractivity contribution in [2.45, 2.75) is 39.7 Å². The molecule has 0 unspecified atom stereocenters. The number of rotatable bonds is 6. The number of carbonyl (C=O) groups excluding carboxylic acids is 1. The average molecular weight is 289 g/mol. The number of carbonyl (C=O) groups is 1. The Balaban J connectivity index is 1.88. The molecular formula is C17H27N3O. The molecule has 1 saturated heterocycles. The zero-order chi connectivity index (χ0) is 15.3. The van der Waals surface area contributed by atoms with Gasteiger partial charge in [-0.1, -0.05) is 26.0 Å². The van der Waals surface area contributed by atoms with Gasteiger partial charge >= 0.3 is 0 Å². The van der Waals surface area contributed by atoms with Crippen molar-refractivity contribution in [3.63, 3.8) is 0 Å². The summed E-state index contributed by atoms with van der Waals surface area (Å²) in [6, 6.07) is 7.73. The van der Waals surface area contributed by atoms with E-state index >= 15 is 0 Å². The summed E-state index contributed by atoms with van der Waals surface area (Å²) in [4.78, 5) is 14.4. The summed E-state index contributed by atoms with van der Waals surface area (Å²) < 4.78 is 0. The van der Waals surface area contributed by atoms with Gasteiger partial charge in [0.05, 0.1) is 6.54 Å². The molecule has 1 amide bonds. The molecule has 1 heterocycles. The molecule has 0 bridgehead atoms. The Labute approximate surface area is 127 Å². The van der Waals surface area contributed by atoms with E-state index < -0.39 is 0 Å². The van der Waals surface area contributed by atoms with Crippen LogP contribution in [-0.4, -0.2) is 30.4 Å². The number of benzene rings is 1. The van der Waals surface area contributed by atoms with Crippen molar-refractivity contribution in [3.8, 4) is 0 Å². The van der Waals surface area contributed by atoms with Crippen molar-refractivity contribution >= 4 is 11.6 Å². The number of nitrogens with two attached hydrogens (primary N) is 1. The maximum Gasteiger partial charge on any atom is 0.238 e. The topological polar surface area (TPSA) is 58.4 Å². The molecule has 2 rings (SSSR count). The lowest BCUT2D eigenvalue weighted by atomic mass is 9.82. The van der Waals surface area contributed by atoms with Crippen molar-refractivity contribution < 1.29 is 4.79 Å². The molecule has 0 aromatic heterocycles. The van der Waals surface area contributed by atoms with E-state index in [1.54, 1.807) is 0 Å². The van der Waals surface area contributed by atoms with Crippen LogP contribution >= 0.6 is 0 Å². The fourth-order valence-electron chi connectivity index (χ4n) is 3.17. The molecule has 0 saturated carbocycles. The Morgan fingerprint density at radius 3 is 2.76 bits per heavy atom. The van der Waals surface area contributed by atoms with E-state index in [1.165, 1.54) is 19.3 Å². The van der Waals surface area contributed by atoms with Crippen LogP contribution < -0.4 is 11.1 Å². The Kier molecular flexibility index (Phi) is 5.37. The first-order chi connectivity index (χ1) is 10.1. The van der Waals surface area contributed by atoms with Crippen LogP contribution in [0.3, 0.4) is 0 Å². The first-order valence-electron chi connectivity index (χ1n) is 7.92. The lowest BCUT2D eigenvalue weighted by Crippen LogP contribution is -2.33. The van der Waals surface area contributed by atoms with Gasteiger partial charge in [0.15, 0.2) is 0 Å². The first-order valence-corrected chi connectivity index (χ1v) is 7.92. The van der Waals surface area contributed by atoms with Gasteiger partial charge in [-0.3, -0.25) is 9.69 Å². The lowest BCUT2D eigenvalue weighted by molar-refractivity contribution is -0.117. The van der Waals surface area contributed by atoms with Crippen LogP contribution in [0.4, 0.5) is 5.69 Å². The van der Waals surface area contributed by atoms with E-state index in [1.807, 2.05) is 24.3 Å². The van der Waals surface area contributed by atoms with Crippen LogP contribution in [0, 0.1) is 5.41 Å². The number of nitrogens with one attached hydrogen (secondary N) is 1. The third-order valence-corrected chi connectivity index (χ3v) is 4.83. The number of nitrogens with zero attached hydrogens (tertiary/aromatic N) is 1. The summed E-state index contributed by atoms with van der Waals surface area (Å²) >= 11 is 0. The van der Waals surface area contributed by atoms with E-state index in [4.69, 9.17) is 5.73 Å². The molecule has 0 radical (unpaired) electrons. The molecule has 0 aliphatic carbocycles. The van der Waals surface area contributed by atoms with Gasteiger partial charge in [0.2, 0.25) is 5.91 Å². The smallest absolute Gasteiger partial charge is 0.238 e. The molecule has 1 aromatic carbocycles. The van der Waals surface area contributed by atoms with Crippen molar-refractivity contribution in [3.05, 3.63) is 29.8 Å². The molecule has 3 N–H and O–H groups in total. The molecule has 1 aliphatic rings. The third-order valence-electron chi connectivity index (χ3n) is 4.83. The minimum Gasteiger partial charge on any atom is -0.326 e. The van der Waals surface area contributed by atoms with Gasteiger partial charge in [-0.25, -0.2) is 0 Å². The number of hydrogen-bond donors (Lipinski definition) is 2. The number of anilines is 1. The van der Waals surface area contributed by atoms with Gasteiger partial charge in [-0.2, -0.15) is 0 Å². The molecular weight excluding hydrogens is 262 g/mol. The Morgan fingerprint density at radius 1 is 1.38 bits per heavy atom. The van der Waals surface area contributed by atoms with Crippen LogP contribution in [-0.2, 0) is 11.3 Å². The monoisotopic (exact) mass is 289 g/mol. The second-order valence-corrected chi connectivity index (χ2v) is 6.12. The maximum absolute atomic E-state index is 12.2. The van der Waals surface area contributed by atoms with Crippen LogP contribution in [0.5, 0.6) is 0 Å². The SMILES string of the molecule is CCC1(CC)CCN(CC(=O)Nc2cccc(CN)c2)C1. The summed E-state index contributed by atoms with van der Waals surface area (Å²) in [5.74, 6) is 0.0622. The van der Waals surface area contributed by atoms with Gasteiger partial charge in [-0.05, 0) is 48.9 Å². The summed E-state index contributed by atoms with van der Waals surface area (Å²) in [6.45, 7) is 7.55. The van der Waals surface area contributed by atoms with E-state index in [0.29, 0.717) is 18.5 Å². The zero-order valence-corrected chi connectivity index (χ0v) is 13.2. The lowest BCUT2D eigenvalue weighted by Gasteiger charge is -2.26. The van der Waals surface area contributed by atoms with Crippen molar-refractivity contribution in [1.82, 2.24) is 4.90 Å². The molecule has 4 nitrogen and oxygen atoms in total. The molecule has 1 fully saturated rings. The van der Waals surface area contributed by atoms with Crippen LogP contribution in [0.1, 0.15) is 38.7 Å². The summed E-state index contributed by atoms with van der Waals surface area (Å²) in [6.07, 6.45) is 3.59. The Bertz CT molecular complexity index is 483. The number of hydrogen-bond acceptors (Lipinski definition) is 3. The molecule has 0 atom stereocenters. The van der Waals surface area contributed by atoms with E-state index in [0.717, 1.165) is 24.3 Å².